The maximum Gasteiger partial charge on any atom is 0.336 e. The van der Waals surface area contributed by atoms with Crippen LogP contribution in [0.1, 0.15) is 44.6 Å². The van der Waals surface area contributed by atoms with Gasteiger partial charge in [0.05, 0.1) is 32.3 Å². The number of fused-ring (bicyclic) bond motifs is 1. The van der Waals surface area contributed by atoms with Gasteiger partial charge in [-0.2, -0.15) is 0 Å². The third-order valence-corrected chi connectivity index (χ3v) is 5.17. The van der Waals surface area contributed by atoms with Gasteiger partial charge in [0.1, 0.15) is 5.78 Å². The van der Waals surface area contributed by atoms with E-state index < -0.39 is 17.8 Å². The fraction of sp³-hybridized carbons (Fsp3) is 0.476. The van der Waals surface area contributed by atoms with Crippen molar-refractivity contribution in [3.05, 3.63) is 35.0 Å². The first kappa shape index (κ1) is 19.1. The van der Waals surface area contributed by atoms with Crippen molar-refractivity contribution in [3.63, 3.8) is 0 Å². The average molecular weight is 371 g/mol. The van der Waals surface area contributed by atoms with Crippen molar-refractivity contribution in [1.29, 1.82) is 0 Å². The lowest BCUT2D eigenvalue weighted by Gasteiger charge is -2.36. The Balaban J connectivity index is 2.23. The van der Waals surface area contributed by atoms with E-state index in [-0.39, 0.29) is 12.4 Å². The van der Waals surface area contributed by atoms with Crippen molar-refractivity contribution in [2.24, 2.45) is 10.9 Å². The molecule has 0 unspecified atom stereocenters. The monoisotopic (exact) mass is 371 g/mol. The summed E-state index contributed by atoms with van der Waals surface area (Å²) >= 11 is 0. The van der Waals surface area contributed by atoms with Gasteiger partial charge in [-0.3, -0.25) is 9.79 Å². The zero-order valence-electron chi connectivity index (χ0n) is 16.2. The van der Waals surface area contributed by atoms with Crippen LogP contribution in [0.3, 0.4) is 0 Å². The standard InChI is InChI=1S/C21H25NO5/c1-5-27-21(24)17-12(2)22-14-9-7-10-15(23)19(14)18(17)13-8-6-11-16(25-3)20(13)26-4/h6,8,11,18-19H,5,7,9-10H2,1-4H3/t18-,19+/m0/s1. The number of allylic oxidation sites excluding steroid dienone is 1. The van der Waals surface area contributed by atoms with E-state index in [1.807, 2.05) is 12.1 Å². The minimum absolute atomic E-state index is 0.101. The molecule has 1 aliphatic heterocycles. The number of hydrogen-bond donors (Lipinski definition) is 0. The van der Waals surface area contributed by atoms with E-state index in [1.54, 1.807) is 34.1 Å². The minimum Gasteiger partial charge on any atom is -0.493 e. The van der Waals surface area contributed by atoms with E-state index in [2.05, 4.69) is 4.99 Å². The topological polar surface area (TPSA) is 74.2 Å². The summed E-state index contributed by atoms with van der Waals surface area (Å²) in [4.78, 5) is 30.3. The average Bonchev–Trinajstić information content (AvgIpc) is 2.66. The number of rotatable bonds is 5. The molecule has 1 aliphatic carbocycles. The zero-order chi connectivity index (χ0) is 19.6. The molecule has 1 aromatic carbocycles. The molecule has 0 bridgehead atoms. The van der Waals surface area contributed by atoms with E-state index in [1.165, 1.54) is 0 Å². The summed E-state index contributed by atoms with van der Waals surface area (Å²) in [5, 5.41) is 0. The molecule has 0 N–H and O–H groups in total. The summed E-state index contributed by atoms with van der Waals surface area (Å²) in [5.41, 5.74) is 2.61. The number of methoxy groups -OCH3 is 2. The highest BCUT2D eigenvalue weighted by Crippen LogP contribution is 2.47. The molecule has 0 aromatic heterocycles. The molecule has 0 amide bonds. The lowest BCUT2D eigenvalue weighted by molar-refractivity contribution is -0.139. The number of carbonyl (C=O) groups is 2. The van der Waals surface area contributed by atoms with Crippen LogP contribution >= 0.6 is 0 Å². The quantitative estimate of drug-likeness (QED) is 0.741. The molecule has 1 fully saturated rings. The fourth-order valence-corrected chi connectivity index (χ4v) is 4.09. The van der Waals surface area contributed by atoms with Gasteiger partial charge in [0.2, 0.25) is 0 Å². The Labute approximate surface area is 159 Å². The second kappa shape index (κ2) is 7.94. The predicted molar refractivity (Wildman–Crippen MR) is 101 cm³/mol. The first-order valence-corrected chi connectivity index (χ1v) is 9.22. The van der Waals surface area contributed by atoms with Crippen LogP contribution in [-0.2, 0) is 14.3 Å². The van der Waals surface area contributed by atoms with Gasteiger partial charge in [0.25, 0.3) is 0 Å². The van der Waals surface area contributed by atoms with Crippen LogP contribution in [0.5, 0.6) is 11.5 Å². The number of hydrogen-bond acceptors (Lipinski definition) is 6. The van der Waals surface area contributed by atoms with Gasteiger partial charge in [0.15, 0.2) is 11.5 Å². The van der Waals surface area contributed by atoms with Gasteiger partial charge in [-0.15, -0.1) is 0 Å². The Morgan fingerprint density at radius 2 is 1.96 bits per heavy atom. The van der Waals surface area contributed by atoms with Gasteiger partial charge < -0.3 is 14.2 Å². The molecule has 0 saturated heterocycles. The number of para-hydroxylation sites is 1. The van der Waals surface area contributed by atoms with Crippen molar-refractivity contribution >= 4 is 17.5 Å². The van der Waals surface area contributed by atoms with Gasteiger partial charge >= 0.3 is 5.97 Å². The van der Waals surface area contributed by atoms with E-state index >= 15 is 0 Å². The molecule has 0 spiro atoms. The van der Waals surface area contributed by atoms with Gasteiger partial charge in [0, 0.05) is 29.3 Å². The second-order valence-corrected chi connectivity index (χ2v) is 6.68. The SMILES string of the molecule is CCOC(=O)C1=C(C)N=C2CCCC(=O)[C@@H]2[C@H]1c1cccc(OC)c1OC. The third-order valence-electron chi connectivity index (χ3n) is 5.17. The Kier molecular flexibility index (Phi) is 5.63. The number of carbonyl (C=O) groups excluding carboxylic acids is 2. The van der Waals surface area contributed by atoms with Crippen LogP contribution in [0, 0.1) is 5.92 Å². The van der Waals surface area contributed by atoms with Gasteiger partial charge in [-0.05, 0) is 32.8 Å². The molecule has 1 aromatic rings. The van der Waals surface area contributed by atoms with Crippen LogP contribution < -0.4 is 9.47 Å². The molecule has 0 radical (unpaired) electrons. The number of ketones is 1. The smallest absolute Gasteiger partial charge is 0.336 e. The van der Waals surface area contributed by atoms with E-state index in [9.17, 15) is 9.59 Å². The van der Waals surface area contributed by atoms with Crippen LogP contribution in [0.4, 0.5) is 0 Å². The molecule has 3 rings (SSSR count). The summed E-state index contributed by atoms with van der Waals surface area (Å²) < 4.78 is 16.3. The number of ether oxygens (including phenoxy) is 3. The third kappa shape index (κ3) is 3.36. The Morgan fingerprint density at radius 3 is 2.63 bits per heavy atom. The maximum absolute atomic E-state index is 12.9. The largest absolute Gasteiger partial charge is 0.493 e. The van der Waals surface area contributed by atoms with Crippen molar-refractivity contribution < 1.29 is 23.8 Å². The van der Waals surface area contributed by atoms with Crippen LogP contribution in [0.25, 0.3) is 0 Å². The summed E-state index contributed by atoms with van der Waals surface area (Å²) in [5.74, 6) is -0.213. The number of esters is 1. The number of benzene rings is 1. The fourth-order valence-electron chi connectivity index (χ4n) is 4.09. The molecule has 6 heteroatoms. The molecule has 1 heterocycles. The predicted octanol–water partition coefficient (Wildman–Crippen LogP) is 3.45. The number of aliphatic imine (C=N–C) groups is 1. The number of Topliss-reactive ketones (excluding diaryl/α,β-unsaturated/α-hetero) is 1. The second-order valence-electron chi connectivity index (χ2n) is 6.68. The molecular weight excluding hydrogens is 346 g/mol. The molecule has 6 nitrogen and oxygen atoms in total. The molecular formula is C21H25NO5. The summed E-state index contributed by atoms with van der Waals surface area (Å²) in [7, 11) is 3.12. The van der Waals surface area contributed by atoms with E-state index in [0.717, 1.165) is 24.1 Å². The van der Waals surface area contributed by atoms with Crippen molar-refractivity contribution in [2.75, 3.05) is 20.8 Å². The molecule has 27 heavy (non-hydrogen) atoms. The number of nitrogens with zero attached hydrogens (tertiary/aromatic N) is 1. The lowest BCUT2D eigenvalue weighted by Crippen LogP contribution is -2.39. The first-order valence-electron chi connectivity index (χ1n) is 9.22. The van der Waals surface area contributed by atoms with E-state index in [0.29, 0.717) is 29.2 Å². The van der Waals surface area contributed by atoms with Crippen LogP contribution in [0.15, 0.2) is 34.5 Å². The molecule has 1 saturated carbocycles. The van der Waals surface area contributed by atoms with E-state index in [4.69, 9.17) is 14.2 Å². The van der Waals surface area contributed by atoms with Crippen LogP contribution in [-0.4, -0.2) is 38.3 Å². The summed E-state index contributed by atoms with van der Waals surface area (Å²) in [6.07, 6.45) is 2.03. The van der Waals surface area contributed by atoms with Crippen molar-refractivity contribution in [1.82, 2.24) is 0 Å². The normalized spacial score (nSPS) is 22.1. The first-order chi connectivity index (χ1) is 13.0. The molecule has 2 aliphatic rings. The highest BCUT2D eigenvalue weighted by Gasteiger charge is 2.45. The van der Waals surface area contributed by atoms with Gasteiger partial charge in [-0.25, -0.2) is 4.79 Å². The summed E-state index contributed by atoms with van der Waals surface area (Å²) in [6.45, 7) is 3.82. The maximum atomic E-state index is 12.9. The Hall–Kier alpha value is -2.63. The summed E-state index contributed by atoms with van der Waals surface area (Å²) in [6, 6.07) is 5.51. The molecule has 2 atom stereocenters. The lowest BCUT2D eigenvalue weighted by atomic mass is 9.69. The molecule has 144 valence electrons. The highest BCUT2D eigenvalue weighted by molar-refractivity contribution is 6.11. The van der Waals surface area contributed by atoms with Crippen molar-refractivity contribution in [3.8, 4) is 11.5 Å². The minimum atomic E-state index is -0.491. The highest BCUT2D eigenvalue weighted by atomic mass is 16.5. The Bertz CT molecular complexity index is 824. The van der Waals surface area contributed by atoms with Gasteiger partial charge in [-0.1, -0.05) is 12.1 Å². The Morgan fingerprint density at radius 1 is 1.19 bits per heavy atom. The van der Waals surface area contributed by atoms with Crippen molar-refractivity contribution in [2.45, 2.75) is 39.0 Å². The zero-order valence-corrected chi connectivity index (χ0v) is 16.2. The van der Waals surface area contributed by atoms with Crippen LogP contribution in [0.2, 0.25) is 0 Å².